The zero-order valence-electron chi connectivity index (χ0n) is 10.5. The molecule has 20 heavy (non-hydrogen) atoms. The van der Waals surface area contributed by atoms with Gasteiger partial charge in [0.15, 0.2) is 11.6 Å². The van der Waals surface area contributed by atoms with E-state index in [0.717, 1.165) is 12.1 Å². The molecule has 0 saturated heterocycles. The zero-order chi connectivity index (χ0) is 14.9. The summed E-state index contributed by atoms with van der Waals surface area (Å²) in [7, 11) is -4.08. The summed E-state index contributed by atoms with van der Waals surface area (Å²) in [5.74, 6) is -2.01. The highest BCUT2D eigenvalue weighted by atomic mass is 32.2. The van der Waals surface area contributed by atoms with Crippen molar-refractivity contribution >= 4 is 15.7 Å². The minimum absolute atomic E-state index is 0.0324. The first-order chi connectivity index (χ1) is 9.35. The van der Waals surface area contributed by atoms with Gasteiger partial charge in [0.25, 0.3) is 10.0 Å². The van der Waals surface area contributed by atoms with Crippen LogP contribution in [0.4, 0.5) is 14.5 Å². The summed E-state index contributed by atoms with van der Waals surface area (Å²) in [6, 6.07) is 4.46. The highest BCUT2D eigenvalue weighted by molar-refractivity contribution is 7.92. The van der Waals surface area contributed by atoms with Crippen LogP contribution in [0.1, 0.15) is 11.5 Å². The summed E-state index contributed by atoms with van der Waals surface area (Å²) < 4.78 is 57.9. The molecule has 0 aliphatic carbocycles. The largest absolute Gasteiger partial charge is 0.464 e. The van der Waals surface area contributed by atoms with Crippen LogP contribution in [0, 0.1) is 18.6 Å². The first kappa shape index (κ1) is 14.5. The molecule has 0 aliphatic rings. The van der Waals surface area contributed by atoms with Crippen LogP contribution in [0.5, 0.6) is 0 Å². The number of furan rings is 1. The monoisotopic (exact) mass is 302 g/mol. The second kappa shape index (κ2) is 5.22. The van der Waals surface area contributed by atoms with Gasteiger partial charge in [-0.05, 0) is 19.1 Å². The number of rotatable bonds is 4. The lowest BCUT2D eigenvalue weighted by Crippen LogP contribution is -2.14. The Morgan fingerprint density at radius 1 is 1.35 bits per heavy atom. The van der Waals surface area contributed by atoms with Crippen molar-refractivity contribution in [2.24, 2.45) is 5.73 Å². The number of benzene rings is 1. The fraction of sp³-hybridized carbons (Fsp3) is 0.167. The maximum Gasteiger partial charge on any atom is 0.265 e. The first-order valence-corrected chi connectivity index (χ1v) is 7.09. The van der Waals surface area contributed by atoms with E-state index in [1.807, 2.05) is 4.72 Å². The molecule has 0 bridgehead atoms. The van der Waals surface area contributed by atoms with Gasteiger partial charge in [0.2, 0.25) is 0 Å². The third-order valence-electron chi connectivity index (χ3n) is 2.61. The topological polar surface area (TPSA) is 85.3 Å². The Hall–Kier alpha value is -1.93. The Labute approximate surface area is 114 Å². The Bertz CT molecular complexity index is 741. The standard InChI is InChI=1S/C12H12F2N2O3S/c1-7-11(5-8(6-15)19-7)20(17,18)16-10-4-2-3-9(13)12(10)14/h2-5,16H,6,15H2,1H3. The van der Waals surface area contributed by atoms with Crippen molar-refractivity contribution in [3.8, 4) is 0 Å². The van der Waals surface area contributed by atoms with Gasteiger partial charge in [-0.3, -0.25) is 4.72 Å². The number of hydrogen-bond donors (Lipinski definition) is 2. The number of aryl methyl sites for hydroxylation is 1. The predicted octanol–water partition coefficient (Wildman–Crippen LogP) is 2.13. The van der Waals surface area contributed by atoms with Gasteiger partial charge in [-0.15, -0.1) is 0 Å². The van der Waals surface area contributed by atoms with E-state index in [1.165, 1.54) is 19.1 Å². The van der Waals surface area contributed by atoms with Crippen LogP contribution >= 0.6 is 0 Å². The summed E-state index contributed by atoms with van der Waals surface area (Å²) >= 11 is 0. The molecule has 0 unspecified atom stereocenters. The summed E-state index contributed by atoms with van der Waals surface area (Å²) in [6.45, 7) is 1.47. The summed E-state index contributed by atoms with van der Waals surface area (Å²) in [5.41, 5.74) is 4.88. The van der Waals surface area contributed by atoms with Gasteiger partial charge in [-0.1, -0.05) is 6.07 Å². The van der Waals surface area contributed by atoms with Gasteiger partial charge in [0, 0.05) is 6.07 Å². The van der Waals surface area contributed by atoms with E-state index in [2.05, 4.69) is 0 Å². The van der Waals surface area contributed by atoms with Crippen molar-refractivity contribution in [3.05, 3.63) is 47.4 Å². The van der Waals surface area contributed by atoms with Crippen LogP contribution < -0.4 is 10.5 Å². The van der Waals surface area contributed by atoms with Gasteiger partial charge in [-0.2, -0.15) is 0 Å². The molecule has 1 heterocycles. The maximum atomic E-state index is 13.5. The molecule has 3 N–H and O–H groups in total. The van der Waals surface area contributed by atoms with Gasteiger partial charge in [-0.25, -0.2) is 17.2 Å². The third kappa shape index (κ3) is 2.66. The van der Waals surface area contributed by atoms with Crippen molar-refractivity contribution in [2.45, 2.75) is 18.4 Å². The van der Waals surface area contributed by atoms with E-state index in [9.17, 15) is 17.2 Å². The van der Waals surface area contributed by atoms with Crippen molar-refractivity contribution in [1.82, 2.24) is 0 Å². The average Bonchev–Trinajstić information content (AvgIpc) is 2.77. The van der Waals surface area contributed by atoms with E-state index >= 15 is 0 Å². The van der Waals surface area contributed by atoms with Crippen molar-refractivity contribution < 1.29 is 21.6 Å². The van der Waals surface area contributed by atoms with Gasteiger partial charge >= 0.3 is 0 Å². The van der Waals surface area contributed by atoms with Gasteiger partial charge in [0.05, 0.1) is 12.2 Å². The van der Waals surface area contributed by atoms with Crippen molar-refractivity contribution in [1.29, 1.82) is 0 Å². The highest BCUT2D eigenvalue weighted by Crippen LogP contribution is 2.24. The Morgan fingerprint density at radius 2 is 2.05 bits per heavy atom. The molecule has 2 aromatic rings. The average molecular weight is 302 g/mol. The zero-order valence-corrected chi connectivity index (χ0v) is 11.3. The van der Waals surface area contributed by atoms with Crippen LogP contribution in [0.3, 0.4) is 0 Å². The number of sulfonamides is 1. The van der Waals surface area contributed by atoms with Gasteiger partial charge in [0.1, 0.15) is 16.4 Å². The van der Waals surface area contributed by atoms with E-state index in [0.29, 0.717) is 0 Å². The Balaban J connectivity index is 2.40. The van der Waals surface area contributed by atoms with Crippen LogP contribution in [-0.4, -0.2) is 8.42 Å². The Morgan fingerprint density at radius 3 is 2.65 bits per heavy atom. The molecule has 0 fully saturated rings. The number of nitrogens with one attached hydrogen (secondary N) is 1. The molecule has 0 aliphatic heterocycles. The normalized spacial score (nSPS) is 11.6. The van der Waals surface area contributed by atoms with E-state index in [-0.39, 0.29) is 23.0 Å². The lowest BCUT2D eigenvalue weighted by atomic mass is 10.3. The van der Waals surface area contributed by atoms with Crippen LogP contribution in [0.15, 0.2) is 33.6 Å². The number of halogens is 2. The summed E-state index contributed by atoms with van der Waals surface area (Å²) in [6.07, 6.45) is 0. The lowest BCUT2D eigenvalue weighted by Gasteiger charge is -2.08. The predicted molar refractivity (Wildman–Crippen MR) is 68.5 cm³/mol. The molecule has 8 heteroatoms. The first-order valence-electron chi connectivity index (χ1n) is 5.61. The van der Waals surface area contributed by atoms with Crippen LogP contribution in [0.25, 0.3) is 0 Å². The van der Waals surface area contributed by atoms with Crippen LogP contribution in [0.2, 0.25) is 0 Å². The summed E-state index contributed by atoms with van der Waals surface area (Å²) in [5, 5.41) is 0. The minimum Gasteiger partial charge on any atom is -0.464 e. The summed E-state index contributed by atoms with van der Waals surface area (Å²) in [4.78, 5) is -0.165. The van der Waals surface area contributed by atoms with Crippen molar-refractivity contribution in [3.63, 3.8) is 0 Å². The van der Waals surface area contributed by atoms with E-state index < -0.39 is 27.3 Å². The highest BCUT2D eigenvalue weighted by Gasteiger charge is 2.23. The molecule has 0 radical (unpaired) electrons. The lowest BCUT2D eigenvalue weighted by molar-refractivity contribution is 0.479. The number of anilines is 1. The van der Waals surface area contributed by atoms with E-state index in [4.69, 9.17) is 10.2 Å². The fourth-order valence-corrected chi connectivity index (χ4v) is 2.94. The molecule has 5 nitrogen and oxygen atoms in total. The second-order valence-corrected chi connectivity index (χ2v) is 5.69. The molecular formula is C12H12F2N2O3S. The Kier molecular flexibility index (Phi) is 3.78. The quantitative estimate of drug-likeness (QED) is 0.906. The van der Waals surface area contributed by atoms with Crippen LogP contribution in [-0.2, 0) is 16.6 Å². The molecule has 0 spiro atoms. The van der Waals surface area contributed by atoms with Gasteiger partial charge < -0.3 is 10.2 Å². The molecule has 108 valence electrons. The third-order valence-corrected chi connectivity index (χ3v) is 4.08. The van der Waals surface area contributed by atoms with Crippen molar-refractivity contribution in [2.75, 3.05) is 4.72 Å². The van der Waals surface area contributed by atoms with E-state index in [1.54, 1.807) is 0 Å². The molecular weight excluding hydrogens is 290 g/mol. The second-order valence-electron chi connectivity index (χ2n) is 4.04. The molecule has 2 rings (SSSR count). The maximum absolute atomic E-state index is 13.5. The fourth-order valence-electron chi connectivity index (χ4n) is 1.67. The molecule has 1 aromatic heterocycles. The minimum atomic E-state index is -4.08. The molecule has 0 saturated carbocycles. The number of hydrogen-bond acceptors (Lipinski definition) is 4. The molecule has 0 amide bonds. The SMILES string of the molecule is Cc1oc(CN)cc1S(=O)(=O)Nc1cccc(F)c1F. The molecule has 1 aromatic carbocycles. The smallest absolute Gasteiger partial charge is 0.265 e. The molecule has 0 atom stereocenters. The number of nitrogens with two attached hydrogens (primary N) is 1.